The van der Waals surface area contributed by atoms with Gasteiger partial charge >= 0.3 is 0 Å². The molecule has 2 aliphatic rings. The second-order valence-electron chi connectivity index (χ2n) is 6.58. The van der Waals surface area contributed by atoms with Crippen molar-refractivity contribution < 1.29 is 0 Å². The molecule has 1 N–H and O–H groups in total. The number of piperidine rings is 1. The first-order valence-corrected chi connectivity index (χ1v) is 8.25. The van der Waals surface area contributed by atoms with Gasteiger partial charge in [-0.3, -0.25) is 10.2 Å². The molecule has 1 heterocycles. The third-order valence-corrected chi connectivity index (χ3v) is 5.01. The van der Waals surface area contributed by atoms with Gasteiger partial charge in [0.25, 0.3) is 0 Å². The molecule has 0 aromatic heterocycles. The molecule has 1 aliphatic heterocycles. The lowest BCUT2D eigenvalue weighted by Gasteiger charge is -2.39. The van der Waals surface area contributed by atoms with Gasteiger partial charge in [0.1, 0.15) is 5.54 Å². The lowest BCUT2D eigenvalue weighted by atomic mass is 9.87. The molecule has 3 nitrogen and oxygen atoms in total. The zero-order valence-corrected chi connectivity index (χ0v) is 12.7. The Balaban J connectivity index is 1.54. The first-order chi connectivity index (χ1) is 10.3. The van der Waals surface area contributed by atoms with Crippen molar-refractivity contribution in [1.29, 1.82) is 5.26 Å². The van der Waals surface area contributed by atoms with Gasteiger partial charge in [-0.2, -0.15) is 5.26 Å². The maximum absolute atomic E-state index is 9.65. The number of likely N-dealkylation sites (tertiary alicyclic amines) is 1. The van der Waals surface area contributed by atoms with E-state index in [-0.39, 0.29) is 5.54 Å². The third kappa shape index (κ3) is 3.64. The highest BCUT2D eigenvalue weighted by atomic mass is 15.2. The molecule has 1 aromatic carbocycles. The minimum Gasteiger partial charge on any atom is -0.299 e. The van der Waals surface area contributed by atoms with E-state index in [2.05, 4.69) is 46.6 Å². The summed E-state index contributed by atoms with van der Waals surface area (Å²) in [7, 11) is 0. The summed E-state index contributed by atoms with van der Waals surface area (Å²) in [6.45, 7) is 3.04. The fourth-order valence-electron chi connectivity index (χ4n) is 3.68. The molecule has 3 heteroatoms. The van der Waals surface area contributed by atoms with Gasteiger partial charge in [-0.25, -0.2) is 0 Å². The average Bonchev–Trinajstić information content (AvgIpc) is 3.03. The van der Waals surface area contributed by atoms with Crippen molar-refractivity contribution in [2.45, 2.75) is 56.7 Å². The Morgan fingerprint density at radius 3 is 2.43 bits per heavy atom. The number of benzene rings is 1. The minimum absolute atomic E-state index is 0.276. The van der Waals surface area contributed by atoms with Gasteiger partial charge in [0.15, 0.2) is 0 Å². The van der Waals surface area contributed by atoms with Gasteiger partial charge in [-0.1, -0.05) is 43.2 Å². The fourth-order valence-corrected chi connectivity index (χ4v) is 3.68. The van der Waals surface area contributed by atoms with Crippen LogP contribution in [0.3, 0.4) is 0 Å². The van der Waals surface area contributed by atoms with Crippen LogP contribution in [0.25, 0.3) is 0 Å². The van der Waals surface area contributed by atoms with E-state index >= 15 is 0 Å². The van der Waals surface area contributed by atoms with Crippen LogP contribution in [0.1, 0.15) is 44.1 Å². The van der Waals surface area contributed by atoms with E-state index in [0.29, 0.717) is 6.04 Å². The molecule has 1 saturated carbocycles. The topological polar surface area (TPSA) is 39.1 Å². The summed E-state index contributed by atoms with van der Waals surface area (Å²) in [6.07, 6.45) is 7.03. The Bertz CT molecular complexity index is 477. The summed E-state index contributed by atoms with van der Waals surface area (Å²) in [4.78, 5) is 2.47. The molecule has 21 heavy (non-hydrogen) atoms. The fraction of sp³-hybridized carbons (Fsp3) is 0.611. The highest BCUT2D eigenvalue weighted by Crippen LogP contribution is 2.27. The van der Waals surface area contributed by atoms with Crippen molar-refractivity contribution in [3.05, 3.63) is 35.9 Å². The molecule has 1 aliphatic carbocycles. The predicted molar refractivity (Wildman–Crippen MR) is 84.7 cm³/mol. The highest BCUT2D eigenvalue weighted by Gasteiger charge is 2.36. The molecule has 2 fully saturated rings. The standard InChI is InChI=1S/C18H25N3/c19-15-18(20-17-8-4-5-9-17)10-12-21(13-11-18)14-16-6-2-1-3-7-16/h1-3,6-7,17,20H,4-5,8-14H2. The normalized spacial score (nSPS) is 23.0. The Morgan fingerprint density at radius 1 is 1.14 bits per heavy atom. The van der Waals surface area contributed by atoms with Crippen molar-refractivity contribution in [3.8, 4) is 6.07 Å². The van der Waals surface area contributed by atoms with E-state index in [1.165, 1.54) is 31.2 Å². The molecular formula is C18H25N3. The van der Waals surface area contributed by atoms with Crippen LogP contribution in [0.15, 0.2) is 30.3 Å². The smallest absolute Gasteiger partial charge is 0.109 e. The lowest BCUT2D eigenvalue weighted by Crippen LogP contribution is -2.55. The Kier molecular flexibility index (Phi) is 4.57. The molecule has 0 spiro atoms. The summed E-state index contributed by atoms with van der Waals surface area (Å²) >= 11 is 0. The second-order valence-corrected chi connectivity index (χ2v) is 6.58. The SMILES string of the molecule is N#CC1(NC2CCCC2)CCN(Cc2ccccc2)CC1. The van der Waals surface area contributed by atoms with Gasteiger partial charge in [-0.15, -0.1) is 0 Å². The number of nitrogens with one attached hydrogen (secondary N) is 1. The van der Waals surface area contributed by atoms with Crippen LogP contribution in [0.4, 0.5) is 0 Å². The number of hydrogen-bond acceptors (Lipinski definition) is 3. The number of rotatable bonds is 4. The van der Waals surface area contributed by atoms with E-state index in [1.807, 2.05) is 0 Å². The molecule has 1 saturated heterocycles. The Labute approximate surface area is 128 Å². The summed E-state index contributed by atoms with van der Waals surface area (Å²) in [5.74, 6) is 0. The van der Waals surface area contributed by atoms with E-state index in [9.17, 15) is 5.26 Å². The lowest BCUT2D eigenvalue weighted by molar-refractivity contribution is 0.152. The molecule has 1 aromatic rings. The molecule has 3 rings (SSSR count). The van der Waals surface area contributed by atoms with Crippen LogP contribution < -0.4 is 5.32 Å². The van der Waals surface area contributed by atoms with Crippen molar-refractivity contribution in [3.63, 3.8) is 0 Å². The third-order valence-electron chi connectivity index (χ3n) is 5.01. The predicted octanol–water partition coefficient (Wildman–Crippen LogP) is 3.08. The summed E-state index contributed by atoms with van der Waals surface area (Å²) in [5.41, 5.74) is 1.09. The van der Waals surface area contributed by atoms with Gasteiger partial charge < -0.3 is 0 Å². The highest BCUT2D eigenvalue weighted by molar-refractivity contribution is 5.16. The number of hydrogen-bond donors (Lipinski definition) is 1. The molecule has 0 atom stereocenters. The van der Waals surface area contributed by atoms with Gasteiger partial charge in [0.05, 0.1) is 6.07 Å². The molecule has 0 unspecified atom stereocenters. The minimum atomic E-state index is -0.276. The number of nitriles is 1. The van der Waals surface area contributed by atoms with Crippen molar-refractivity contribution in [1.82, 2.24) is 10.2 Å². The first kappa shape index (κ1) is 14.6. The quantitative estimate of drug-likeness (QED) is 0.923. The van der Waals surface area contributed by atoms with E-state index in [4.69, 9.17) is 0 Å². The number of nitrogens with zero attached hydrogens (tertiary/aromatic N) is 2. The van der Waals surface area contributed by atoms with Crippen molar-refractivity contribution in [2.75, 3.05) is 13.1 Å². The van der Waals surface area contributed by atoms with Gasteiger partial charge in [0, 0.05) is 25.7 Å². The summed E-state index contributed by atoms with van der Waals surface area (Å²) < 4.78 is 0. The van der Waals surface area contributed by atoms with Crippen molar-refractivity contribution >= 4 is 0 Å². The summed E-state index contributed by atoms with van der Waals surface area (Å²) in [6, 6.07) is 13.8. The maximum atomic E-state index is 9.65. The van der Waals surface area contributed by atoms with Crippen LogP contribution in [0, 0.1) is 11.3 Å². The monoisotopic (exact) mass is 283 g/mol. The molecule has 112 valence electrons. The van der Waals surface area contributed by atoms with Gasteiger partial charge in [0.2, 0.25) is 0 Å². The second kappa shape index (κ2) is 6.60. The van der Waals surface area contributed by atoms with Crippen LogP contribution in [-0.2, 0) is 6.54 Å². The van der Waals surface area contributed by atoms with Crippen LogP contribution >= 0.6 is 0 Å². The Hall–Kier alpha value is -1.37. The van der Waals surface area contributed by atoms with Crippen LogP contribution in [0.5, 0.6) is 0 Å². The zero-order valence-electron chi connectivity index (χ0n) is 12.7. The van der Waals surface area contributed by atoms with E-state index < -0.39 is 0 Å². The average molecular weight is 283 g/mol. The van der Waals surface area contributed by atoms with Crippen LogP contribution in [0.2, 0.25) is 0 Å². The largest absolute Gasteiger partial charge is 0.299 e. The maximum Gasteiger partial charge on any atom is 0.109 e. The van der Waals surface area contributed by atoms with Crippen LogP contribution in [-0.4, -0.2) is 29.6 Å². The van der Waals surface area contributed by atoms with E-state index in [1.54, 1.807) is 0 Å². The van der Waals surface area contributed by atoms with Crippen molar-refractivity contribution in [2.24, 2.45) is 0 Å². The molecule has 0 radical (unpaired) electrons. The Morgan fingerprint density at radius 2 is 1.81 bits per heavy atom. The molecule has 0 bridgehead atoms. The zero-order chi connectivity index (χ0) is 14.5. The molecule has 0 amide bonds. The summed E-state index contributed by atoms with van der Waals surface area (Å²) in [5, 5.41) is 13.3. The van der Waals surface area contributed by atoms with E-state index in [0.717, 1.165) is 32.5 Å². The van der Waals surface area contributed by atoms with Gasteiger partial charge in [-0.05, 0) is 31.2 Å². The molecular weight excluding hydrogens is 258 g/mol. The first-order valence-electron chi connectivity index (χ1n) is 8.25.